The van der Waals surface area contributed by atoms with Crippen LogP contribution in [0.25, 0.3) is 0 Å². The van der Waals surface area contributed by atoms with Crippen LogP contribution in [0.15, 0.2) is 35.3 Å². The normalized spacial score (nSPS) is 20.5. The molecule has 2 saturated heterocycles. The average molecular weight is 414 g/mol. The van der Waals surface area contributed by atoms with Gasteiger partial charge in [-0.1, -0.05) is 12.5 Å². The predicted octanol–water partition coefficient (Wildman–Crippen LogP) is 1.91. The lowest BCUT2D eigenvalue weighted by molar-refractivity contribution is -0.108. The van der Waals surface area contributed by atoms with Crippen molar-refractivity contribution in [2.24, 2.45) is 7.05 Å². The number of benzene rings is 1. The quantitative estimate of drug-likeness (QED) is 0.712. The van der Waals surface area contributed by atoms with Crippen molar-refractivity contribution in [3.05, 3.63) is 57.8 Å². The molecule has 4 rings (SSSR count). The van der Waals surface area contributed by atoms with Gasteiger partial charge in [-0.3, -0.25) is 9.59 Å². The molecule has 2 fully saturated rings. The van der Waals surface area contributed by atoms with Crippen LogP contribution in [0.5, 0.6) is 0 Å². The molecule has 1 aromatic heterocycles. The zero-order valence-electron chi connectivity index (χ0n) is 17.2. The summed E-state index contributed by atoms with van der Waals surface area (Å²) in [6.07, 6.45) is 4.50. The Morgan fingerprint density at radius 3 is 2.70 bits per heavy atom. The number of carbonyl (C=O) groups is 1. The molecule has 2 aliphatic heterocycles. The van der Waals surface area contributed by atoms with Crippen molar-refractivity contribution in [3.8, 4) is 0 Å². The molecule has 3 N–H and O–H groups in total. The number of likely N-dealkylation sites (tertiary alicyclic amines) is 1. The summed E-state index contributed by atoms with van der Waals surface area (Å²) in [5.41, 5.74) is 0.220. The maximum atomic E-state index is 14.3. The molecule has 160 valence electrons. The van der Waals surface area contributed by atoms with E-state index >= 15 is 0 Å². The van der Waals surface area contributed by atoms with E-state index < -0.39 is 11.4 Å². The number of rotatable bonds is 4. The highest BCUT2D eigenvalue weighted by Crippen LogP contribution is 2.32. The lowest BCUT2D eigenvalue weighted by atomic mass is 9.81. The van der Waals surface area contributed by atoms with Crippen molar-refractivity contribution in [2.75, 3.05) is 25.0 Å². The zero-order chi connectivity index (χ0) is 21.5. The first-order valence-corrected chi connectivity index (χ1v) is 10.3. The van der Waals surface area contributed by atoms with E-state index in [1.54, 1.807) is 31.0 Å². The number of nitrogens with one attached hydrogen (secondary N) is 2. The van der Waals surface area contributed by atoms with Gasteiger partial charge in [-0.15, -0.1) is 0 Å². The average Bonchev–Trinajstić information content (AvgIpc) is 2.70. The van der Waals surface area contributed by atoms with E-state index in [0.717, 1.165) is 31.4 Å². The van der Waals surface area contributed by atoms with Crippen molar-refractivity contribution in [1.29, 1.82) is 0 Å². The molecule has 1 amide bonds. The lowest BCUT2D eigenvalue weighted by Gasteiger charge is -2.51. The largest absolute Gasteiger partial charge is 0.385 e. The number of pyridine rings is 1. The molecule has 1 unspecified atom stereocenters. The third-order valence-electron chi connectivity index (χ3n) is 6.03. The number of anilines is 2. The summed E-state index contributed by atoms with van der Waals surface area (Å²) in [6.45, 7) is 3.11. The first-order valence-electron chi connectivity index (χ1n) is 10.3. The number of hydrogen-bond donors (Lipinski definition) is 3. The second kappa shape index (κ2) is 7.85. The van der Waals surface area contributed by atoms with Crippen molar-refractivity contribution < 1.29 is 14.3 Å². The summed E-state index contributed by atoms with van der Waals surface area (Å²) in [4.78, 5) is 26.9. The van der Waals surface area contributed by atoms with Crippen LogP contribution in [0.1, 0.15) is 35.2 Å². The van der Waals surface area contributed by atoms with Gasteiger partial charge in [0.1, 0.15) is 11.4 Å². The van der Waals surface area contributed by atoms with Crippen LogP contribution in [-0.2, 0) is 7.05 Å². The fraction of sp³-hybridized carbons (Fsp3) is 0.455. The molecule has 0 bridgehead atoms. The number of amides is 1. The molecule has 2 aliphatic rings. The second-order valence-electron chi connectivity index (χ2n) is 8.43. The Bertz CT molecular complexity index is 1020. The molecule has 0 saturated carbocycles. The maximum absolute atomic E-state index is 14.3. The molecule has 3 heterocycles. The summed E-state index contributed by atoms with van der Waals surface area (Å²) in [5, 5.41) is 17.1. The summed E-state index contributed by atoms with van der Waals surface area (Å²) < 4.78 is 15.6. The van der Waals surface area contributed by atoms with E-state index in [1.807, 2.05) is 0 Å². The monoisotopic (exact) mass is 414 g/mol. The van der Waals surface area contributed by atoms with Crippen molar-refractivity contribution in [2.45, 2.75) is 37.8 Å². The van der Waals surface area contributed by atoms with E-state index in [2.05, 4.69) is 10.6 Å². The van der Waals surface area contributed by atoms with Crippen LogP contribution >= 0.6 is 0 Å². The Labute approximate surface area is 174 Å². The van der Waals surface area contributed by atoms with Gasteiger partial charge in [0.2, 0.25) is 0 Å². The Morgan fingerprint density at radius 2 is 2.03 bits per heavy atom. The molecule has 8 heteroatoms. The van der Waals surface area contributed by atoms with Crippen molar-refractivity contribution in [1.82, 2.24) is 14.8 Å². The summed E-state index contributed by atoms with van der Waals surface area (Å²) in [6, 6.07) is 5.99. The van der Waals surface area contributed by atoms with E-state index in [1.165, 1.54) is 22.9 Å². The highest BCUT2D eigenvalue weighted by Gasteiger charge is 2.49. The Kier molecular flexibility index (Phi) is 5.38. The van der Waals surface area contributed by atoms with Gasteiger partial charge < -0.3 is 25.2 Å². The lowest BCUT2D eigenvalue weighted by Crippen LogP contribution is -2.72. The molecule has 0 spiro atoms. The molecule has 7 nitrogen and oxygen atoms in total. The van der Waals surface area contributed by atoms with Gasteiger partial charge in [0.25, 0.3) is 11.5 Å². The first-order chi connectivity index (χ1) is 14.3. The highest BCUT2D eigenvalue weighted by molar-refractivity contribution is 6.00. The minimum Gasteiger partial charge on any atom is -0.385 e. The first kappa shape index (κ1) is 20.6. The van der Waals surface area contributed by atoms with Crippen molar-refractivity contribution >= 4 is 17.3 Å². The Balaban J connectivity index is 1.57. The minimum absolute atomic E-state index is 0.0188. The number of aryl methyl sites for hydroxylation is 2. The van der Waals surface area contributed by atoms with E-state index in [4.69, 9.17) is 0 Å². The molecule has 2 aromatic rings. The molecular weight excluding hydrogens is 387 g/mol. The van der Waals surface area contributed by atoms with E-state index in [-0.39, 0.29) is 47.5 Å². The van der Waals surface area contributed by atoms with Crippen LogP contribution in [0.3, 0.4) is 0 Å². The van der Waals surface area contributed by atoms with Crippen LogP contribution in [0.2, 0.25) is 0 Å². The Hall–Kier alpha value is -2.71. The fourth-order valence-corrected chi connectivity index (χ4v) is 4.23. The van der Waals surface area contributed by atoms with Gasteiger partial charge in [-0.25, -0.2) is 4.39 Å². The number of halogens is 1. The third-order valence-corrected chi connectivity index (χ3v) is 6.03. The smallest absolute Gasteiger partial charge is 0.257 e. The van der Waals surface area contributed by atoms with Gasteiger partial charge >= 0.3 is 0 Å². The van der Waals surface area contributed by atoms with E-state index in [9.17, 15) is 19.1 Å². The van der Waals surface area contributed by atoms with E-state index in [0.29, 0.717) is 0 Å². The number of aromatic nitrogens is 1. The van der Waals surface area contributed by atoms with Gasteiger partial charge in [0, 0.05) is 25.4 Å². The number of β-amino-alcohol motifs (C(OH)–C–C–N with tert-alkyl or cyclic N) is 1. The highest BCUT2D eigenvalue weighted by atomic mass is 19.1. The van der Waals surface area contributed by atoms with Gasteiger partial charge in [0.15, 0.2) is 0 Å². The summed E-state index contributed by atoms with van der Waals surface area (Å²) in [7, 11) is 1.56. The van der Waals surface area contributed by atoms with Gasteiger partial charge in [-0.05, 0) is 44.0 Å². The number of carbonyl (C=O) groups excluding carboxylic acids is 1. The molecule has 0 radical (unpaired) electrons. The standard InChI is InChI=1S/C22H27FN4O3/c1-14-6-7-17(16(23)9-14)25-18-10-20(28)26(2)11-15(18)21(29)27-12-22(30,13-27)19-5-3-4-8-24-19/h6-7,9-11,19,24-25,30H,3-5,8,12-13H2,1-2H3. The SMILES string of the molecule is Cc1ccc(Nc2cc(=O)n(C)cc2C(=O)N2CC(O)(C3CCCCN3)C2)c(F)c1. The molecule has 1 atom stereocenters. The summed E-state index contributed by atoms with van der Waals surface area (Å²) in [5.74, 6) is -0.767. The number of piperidine rings is 1. The molecule has 30 heavy (non-hydrogen) atoms. The van der Waals surface area contributed by atoms with Crippen LogP contribution in [-0.4, -0.2) is 51.8 Å². The summed E-state index contributed by atoms with van der Waals surface area (Å²) >= 11 is 0. The minimum atomic E-state index is -0.937. The molecule has 1 aromatic carbocycles. The second-order valence-corrected chi connectivity index (χ2v) is 8.43. The topological polar surface area (TPSA) is 86.6 Å². The predicted molar refractivity (Wildman–Crippen MR) is 113 cm³/mol. The van der Waals surface area contributed by atoms with Crippen molar-refractivity contribution in [3.63, 3.8) is 0 Å². The Morgan fingerprint density at radius 1 is 1.27 bits per heavy atom. The van der Waals surface area contributed by atoms with Crippen LogP contribution in [0.4, 0.5) is 15.8 Å². The third kappa shape index (κ3) is 3.85. The molecule has 0 aliphatic carbocycles. The number of hydrogen-bond acceptors (Lipinski definition) is 5. The van der Waals surface area contributed by atoms with Crippen LogP contribution in [0, 0.1) is 12.7 Å². The number of nitrogens with zero attached hydrogens (tertiary/aromatic N) is 2. The van der Waals surface area contributed by atoms with Crippen LogP contribution < -0.4 is 16.2 Å². The number of aliphatic hydroxyl groups is 1. The zero-order valence-corrected chi connectivity index (χ0v) is 17.2. The maximum Gasteiger partial charge on any atom is 0.257 e. The van der Waals surface area contributed by atoms with Gasteiger partial charge in [-0.2, -0.15) is 0 Å². The fourth-order valence-electron chi connectivity index (χ4n) is 4.23. The van der Waals surface area contributed by atoms with Gasteiger partial charge in [0.05, 0.1) is 30.0 Å². The molecular formula is C22H27FN4O3.